The quantitative estimate of drug-likeness (QED) is 0.684. The van der Waals surface area contributed by atoms with E-state index in [1.807, 2.05) is 0 Å². The minimum atomic E-state index is -3.65. The molecule has 1 aromatic heterocycles. The van der Waals surface area contributed by atoms with Gasteiger partial charge in [-0.25, -0.2) is 22.5 Å². The number of rotatable bonds is 6. The zero-order valence-corrected chi connectivity index (χ0v) is 15.0. The molecule has 2 aromatic carbocycles. The Morgan fingerprint density at radius 3 is 2.50 bits per heavy atom. The van der Waals surface area contributed by atoms with Crippen LogP contribution in [0.4, 0.5) is 4.39 Å². The molecule has 1 N–H and O–H groups in total. The lowest BCUT2D eigenvalue weighted by molar-refractivity contribution is 0.457. The second-order valence-corrected chi connectivity index (χ2v) is 7.55. The van der Waals surface area contributed by atoms with E-state index in [1.54, 1.807) is 18.2 Å². The monoisotopic (exact) mass is 392 g/mol. The zero-order valence-electron chi connectivity index (χ0n) is 13.4. The third-order valence-corrected chi connectivity index (χ3v) is 5.08. The van der Waals surface area contributed by atoms with Crippen molar-refractivity contribution in [2.24, 2.45) is 0 Å². The summed E-state index contributed by atoms with van der Waals surface area (Å²) in [5.41, 5.74) is 0.647. The summed E-state index contributed by atoms with van der Waals surface area (Å²) in [5, 5.41) is 0.460. The summed E-state index contributed by atoms with van der Waals surface area (Å²) >= 11 is 5.76. The summed E-state index contributed by atoms with van der Waals surface area (Å²) in [7, 11) is -3.65. The van der Waals surface area contributed by atoms with Crippen LogP contribution in [0.3, 0.4) is 0 Å². The first-order valence-electron chi connectivity index (χ1n) is 7.56. The molecule has 3 aromatic rings. The summed E-state index contributed by atoms with van der Waals surface area (Å²) in [6.45, 7) is 0.0677. The molecule has 8 heteroatoms. The molecule has 0 saturated heterocycles. The first-order valence-corrected chi connectivity index (χ1v) is 9.42. The van der Waals surface area contributed by atoms with Gasteiger partial charge in [0.2, 0.25) is 15.9 Å². The number of nitrogens with zero attached hydrogens (tertiary/aromatic N) is 1. The van der Waals surface area contributed by atoms with Crippen LogP contribution in [0.1, 0.15) is 5.56 Å². The van der Waals surface area contributed by atoms with Crippen molar-refractivity contribution in [1.82, 2.24) is 9.71 Å². The van der Waals surface area contributed by atoms with Crippen molar-refractivity contribution < 1.29 is 17.5 Å². The van der Waals surface area contributed by atoms with Crippen LogP contribution < -0.4 is 9.46 Å². The Kier molecular flexibility index (Phi) is 5.51. The maximum Gasteiger partial charge on any atom is 0.240 e. The third kappa shape index (κ3) is 4.78. The predicted molar refractivity (Wildman–Crippen MR) is 96.2 cm³/mol. The number of halogens is 2. The largest absolute Gasteiger partial charge is 0.439 e. The molecular formula is C18H14ClFN2O3S. The molecule has 1 heterocycles. The fraction of sp³-hybridized carbons (Fsp3) is 0.0556. The van der Waals surface area contributed by atoms with Crippen molar-refractivity contribution >= 4 is 21.6 Å². The highest BCUT2D eigenvalue weighted by molar-refractivity contribution is 7.89. The SMILES string of the molecule is O=S(=O)(NCc1ccc(Oc2cccc(F)c2)nc1)c1ccc(Cl)cc1. The van der Waals surface area contributed by atoms with Crippen LogP contribution in [0.25, 0.3) is 0 Å². The molecular weight excluding hydrogens is 379 g/mol. The normalized spacial score (nSPS) is 11.3. The molecule has 0 bridgehead atoms. The summed E-state index contributed by atoms with van der Waals surface area (Å²) < 4.78 is 45.5. The molecule has 0 saturated carbocycles. The van der Waals surface area contributed by atoms with Gasteiger partial charge >= 0.3 is 0 Å². The Hall–Kier alpha value is -2.48. The molecule has 5 nitrogen and oxygen atoms in total. The van der Waals surface area contributed by atoms with E-state index in [-0.39, 0.29) is 17.3 Å². The minimum Gasteiger partial charge on any atom is -0.439 e. The molecule has 0 unspecified atom stereocenters. The molecule has 0 aliphatic carbocycles. The number of aromatic nitrogens is 1. The molecule has 0 aliphatic rings. The lowest BCUT2D eigenvalue weighted by Crippen LogP contribution is -2.23. The van der Waals surface area contributed by atoms with Gasteiger partial charge in [0, 0.05) is 29.9 Å². The van der Waals surface area contributed by atoms with Crippen molar-refractivity contribution in [2.75, 3.05) is 0 Å². The van der Waals surface area contributed by atoms with E-state index in [0.29, 0.717) is 16.3 Å². The predicted octanol–water partition coefficient (Wildman–Crippen LogP) is 4.14. The number of hydrogen-bond acceptors (Lipinski definition) is 4. The van der Waals surface area contributed by atoms with Crippen LogP contribution in [-0.4, -0.2) is 13.4 Å². The summed E-state index contributed by atoms with van der Waals surface area (Å²) in [5.74, 6) is 0.198. The van der Waals surface area contributed by atoms with Crippen LogP contribution in [0.15, 0.2) is 71.8 Å². The molecule has 26 heavy (non-hydrogen) atoms. The van der Waals surface area contributed by atoms with E-state index in [0.717, 1.165) is 0 Å². The number of sulfonamides is 1. The highest BCUT2D eigenvalue weighted by Gasteiger charge is 2.13. The molecule has 0 spiro atoms. The van der Waals surface area contributed by atoms with Crippen LogP contribution in [0.5, 0.6) is 11.6 Å². The van der Waals surface area contributed by atoms with E-state index >= 15 is 0 Å². The van der Waals surface area contributed by atoms with E-state index < -0.39 is 15.8 Å². The first kappa shape index (κ1) is 18.3. The van der Waals surface area contributed by atoms with Crippen molar-refractivity contribution in [3.63, 3.8) is 0 Å². The van der Waals surface area contributed by atoms with Crippen molar-refractivity contribution in [3.05, 3.63) is 83.3 Å². The van der Waals surface area contributed by atoms with Gasteiger partial charge in [0.1, 0.15) is 11.6 Å². The van der Waals surface area contributed by atoms with Gasteiger partial charge < -0.3 is 4.74 Å². The van der Waals surface area contributed by atoms with Crippen LogP contribution in [0, 0.1) is 5.82 Å². The number of ether oxygens (including phenoxy) is 1. The van der Waals surface area contributed by atoms with Gasteiger partial charge in [-0.2, -0.15) is 0 Å². The molecule has 0 amide bonds. The fourth-order valence-electron chi connectivity index (χ4n) is 2.10. The average molecular weight is 393 g/mol. The molecule has 0 atom stereocenters. The third-order valence-electron chi connectivity index (χ3n) is 3.41. The first-order chi connectivity index (χ1) is 12.4. The number of hydrogen-bond donors (Lipinski definition) is 1. The number of nitrogens with one attached hydrogen (secondary N) is 1. The van der Waals surface area contributed by atoms with E-state index in [2.05, 4.69) is 9.71 Å². The van der Waals surface area contributed by atoms with Gasteiger partial charge in [-0.3, -0.25) is 0 Å². The number of pyridine rings is 1. The summed E-state index contributed by atoms with van der Waals surface area (Å²) in [6.07, 6.45) is 1.49. The average Bonchev–Trinajstić information content (AvgIpc) is 2.62. The highest BCUT2D eigenvalue weighted by Crippen LogP contribution is 2.20. The minimum absolute atomic E-state index is 0.0677. The molecule has 0 fully saturated rings. The second-order valence-electron chi connectivity index (χ2n) is 5.34. The maximum atomic E-state index is 13.1. The number of benzene rings is 2. The Morgan fingerprint density at radius 2 is 1.85 bits per heavy atom. The zero-order chi connectivity index (χ0) is 18.6. The van der Waals surface area contributed by atoms with Gasteiger partial charge in [-0.05, 0) is 42.0 Å². The maximum absolute atomic E-state index is 13.1. The lowest BCUT2D eigenvalue weighted by atomic mass is 10.3. The summed E-state index contributed by atoms with van der Waals surface area (Å²) in [6, 6.07) is 14.8. The standard InChI is InChI=1S/C18H14ClFN2O3S/c19-14-5-7-17(8-6-14)26(23,24)22-12-13-4-9-18(21-11-13)25-16-3-1-2-15(20)10-16/h1-11,22H,12H2. The van der Waals surface area contributed by atoms with Crippen LogP contribution in [-0.2, 0) is 16.6 Å². The van der Waals surface area contributed by atoms with Gasteiger partial charge in [-0.15, -0.1) is 0 Å². The Balaban J connectivity index is 1.63. The van der Waals surface area contributed by atoms with Gasteiger partial charge in [0.25, 0.3) is 0 Å². The van der Waals surface area contributed by atoms with Gasteiger partial charge in [0.15, 0.2) is 0 Å². The van der Waals surface area contributed by atoms with Gasteiger partial charge in [-0.1, -0.05) is 23.7 Å². The van der Waals surface area contributed by atoms with Gasteiger partial charge in [0.05, 0.1) is 4.90 Å². The topological polar surface area (TPSA) is 68.3 Å². The Bertz CT molecular complexity index is 994. The Labute approximate surface area is 155 Å². The van der Waals surface area contributed by atoms with Crippen LogP contribution in [0.2, 0.25) is 5.02 Å². The van der Waals surface area contributed by atoms with E-state index in [4.69, 9.17) is 16.3 Å². The smallest absolute Gasteiger partial charge is 0.240 e. The van der Waals surface area contributed by atoms with Crippen molar-refractivity contribution in [1.29, 1.82) is 0 Å². The van der Waals surface area contributed by atoms with Crippen molar-refractivity contribution in [2.45, 2.75) is 11.4 Å². The highest BCUT2D eigenvalue weighted by atomic mass is 35.5. The van der Waals surface area contributed by atoms with Crippen molar-refractivity contribution in [3.8, 4) is 11.6 Å². The Morgan fingerprint density at radius 1 is 1.08 bits per heavy atom. The summed E-state index contributed by atoms with van der Waals surface area (Å²) in [4.78, 5) is 4.22. The fourth-order valence-corrected chi connectivity index (χ4v) is 3.25. The lowest BCUT2D eigenvalue weighted by Gasteiger charge is -2.08. The molecule has 0 radical (unpaired) electrons. The molecule has 0 aliphatic heterocycles. The molecule has 134 valence electrons. The second kappa shape index (κ2) is 7.82. The van der Waals surface area contributed by atoms with E-state index in [1.165, 1.54) is 48.7 Å². The van der Waals surface area contributed by atoms with Crippen LogP contribution >= 0.6 is 11.6 Å². The van der Waals surface area contributed by atoms with E-state index in [9.17, 15) is 12.8 Å². The molecule has 3 rings (SSSR count).